The molecule has 2 aromatic carbocycles. The number of oxime groups is 1. The Morgan fingerprint density at radius 2 is 1.70 bits per heavy atom. The van der Waals surface area contributed by atoms with Crippen molar-refractivity contribution in [3.05, 3.63) is 66.2 Å². The van der Waals surface area contributed by atoms with Crippen LogP contribution >= 0.6 is 0 Å². The van der Waals surface area contributed by atoms with Crippen LogP contribution in [0, 0.1) is 0 Å². The second kappa shape index (κ2) is 6.52. The second-order valence-corrected chi connectivity index (χ2v) is 7.48. The zero-order chi connectivity index (χ0) is 16.3. The summed E-state index contributed by atoms with van der Waals surface area (Å²) in [5.74, 6) is 0. The summed E-state index contributed by atoms with van der Waals surface area (Å²) >= 11 is 0. The molecular formula is C17H18N2O3S. The summed E-state index contributed by atoms with van der Waals surface area (Å²) in [6.45, 7) is 0.261. The zero-order valence-electron chi connectivity index (χ0n) is 12.8. The highest BCUT2D eigenvalue weighted by molar-refractivity contribution is 7.89. The Bertz CT molecular complexity index is 789. The first-order valence-corrected chi connectivity index (χ1v) is 8.81. The van der Waals surface area contributed by atoms with Gasteiger partial charge in [-0.3, -0.25) is 0 Å². The van der Waals surface area contributed by atoms with E-state index in [1.807, 2.05) is 30.3 Å². The molecule has 120 valence electrons. The lowest BCUT2D eigenvalue weighted by Crippen LogP contribution is -2.34. The van der Waals surface area contributed by atoms with Crippen molar-refractivity contribution >= 4 is 15.7 Å². The molecule has 0 amide bonds. The van der Waals surface area contributed by atoms with Crippen LogP contribution in [0.4, 0.5) is 0 Å². The van der Waals surface area contributed by atoms with E-state index in [0.29, 0.717) is 6.42 Å². The van der Waals surface area contributed by atoms with Gasteiger partial charge in [-0.1, -0.05) is 53.7 Å². The Labute approximate surface area is 136 Å². The minimum Gasteiger partial charge on any atom is -0.390 e. The van der Waals surface area contributed by atoms with Crippen LogP contribution in [0.3, 0.4) is 0 Å². The summed E-state index contributed by atoms with van der Waals surface area (Å²) in [6.07, 6.45) is 0.326. The fraction of sp³-hybridized carbons (Fsp3) is 0.235. The van der Waals surface area contributed by atoms with E-state index in [-0.39, 0.29) is 17.5 Å². The lowest BCUT2D eigenvalue weighted by molar-refractivity contribution is 0.0740. The SMILES string of the molecule is CN(CC1CC(c2ccccc2)=NO1)S(=O)(=O)c1ccccc1. The topological polar surface area (TPSA) is 59.0 Å². The molecule has 1 aliphatic heterocycles. The van der Waals surface area contributed by atoms with E-state index in [0.717, 1.165) is 11.3 Å². The van der Waals surface area contributed by atoms with E-state index < -0.39 is 10.0 Å². The molecule has 5 nitrogen and oxygen atoms in total. The number of benzene rings is 2. The van der Waals surface area contributed by atoms with Crippen LogP contribution in [-0.4, -0.2) is 38.1 Å². The molecule has 0 saturated heterocycles. The maximum absolute atomic E-state index is 12.5. The first kappa shape index (κ1) is 15.7. The third-order valence-electron chi connectivity index (χ3n) is 3.75. The van der Waals surface area contributed by atoms with Crippen LogP contribution in [0.1, 0.15) is 12.0 Å². The quantitative estimate of drug-likeness (QED) is 0.846. The average Bonchev–Trinajstić information content (AvgIpc) is 3.05. The van der Waals surface area contributed by atoms with E-state index >= 15 is 0 Å². The molecule has 2 aromatic rings. The van der Waals surface area contributed by atoms with E-state index in [1.165, 1.54) is 4.31 Å². The van der Waals surface area contributed by atoms with Gasteiger partial charge in [-0.05, 0) is 17.7 Å². The second-order valence-electron chi connectivity index (χ2n) is 5.43. The molecule has 3 rings (SSSR count). The van der Waals surface area contributed by atoms with Crippen LogP contribution in [0.15, 0.2) is 70.7 Å². The van der Waals surface area contributed by atoms with Gasteiger partial charge in [0.2, 0.25) is 10.0 Å². The van der Waals surface area contributed by atoms with Gasteiger partial charge < -0.3 is 4.84 Å². The number of nitrogens with zero attached hydrogens (tertiary/aromatic N) is 2. The predicted molar refractivity (Wildman–Crippen MR) is 88.7 cm³/mol. The third kappa shape index (κ3) is 3.43. The molecule has 0 aliphatic carbocycles. The molecule has 0 radical (unpaired) electrons. The Morgan fingerprint density at radius 1 is 1.09 bits per heavy atom. The van der Waals surface area contributed by atoms with Crippen molar-refractivity contribution < 1.29 is 13.3 Å². The normalized spacial score (nSPS) is 17.8. The Morgan fingerprint density at radius 3 is 2.35 bits per heavy atom. The molecule has 1 heterocycles. The molecule has 0 fully saturated rings. The molecule has 1 unspecified atom stereocenters. The molecule has 0 bridgehead atoms. The van der Waals surface area contributed by atoms with Crippen molar-refractivity contribution in [2.45, 2.75) is 17.4 Å². The van der Waals surface area contributed by atoms with Gasteiger partial charge in [0.1, 0.15) is 6.10 Å². The van der Waals surface area contributed by atoms with Gasteiger partial charge in [0.25, 0.3) is 0 Å². The number of likely N-dealkylation sites (N-methyl/N-ethyl adjacent to an activating group) is 1. The van der Waals surface area contributed by atoms with Crippen LogP contribution < -0.4 is 0 Å². The summed E-state index contributed by atoms with van der Waals surface area (Å²) in [5, 5.41) is 4.09. The lowest BCUT2D eigenvalue weighted by Gasteiger charge is -2.19. The molecule has 0 saturated carbocycles. The molecule has 0 N–H and O–H groups in total. The molecule has 23 heavy (non-hydrogen) atoms. The largest absolute Gasteiger partial charge is 0.390 e. The van der Waals surface area contributed by atoms with Crippen LogP contribution in [0.5, 0.6) is 0 Å². The average molecular weight is 330 g/mol. The maximum Gasteiger partial charge on any atom is 0.242 e. The number of sulfonamides is 1. The molecule has 6 heteroatoms. The van der Waals surface area contributed by atoms with Crippen LogP contribution in [0.2, 0.25) is 0 Å². The van der Waals surface area contributed by atoms with Gasteiger partial charge in [-0.15, -0.1) is 0 Å². The van der Waals surface area contributed by atoms with Crippen molar-refractivity contribution in [3.8, 4) is 0 Å². The molecule has 0 spiro atoms. The summed E-state index contributed by atoms with van der Waals surface area (Å²) in [5.41, 5.74) is 1.85. The van der Waals surface area contributed by atoms with E-state index in [2.05, 4.69) is 5.16 Å². The number of hydrogen-bond acceptors (Lipinski definition) is 4. The Hall–Kier alpha value is -2.18. The highest BCUT2D eigenvalue weighted by Gasteiger charge is 2.28. The fourth-order valence-electron chi connectivity index (χ4n) is 2.48. The van der Waals surface area contributed by atoms with Gasteiger partial charge in [0.15, 0.2) is 0 Å². The summed E-state index contributed by atoms with van der Waals surface area (Å²) in [4.78, 5) is 5.69. The van der Waals surface area contributed by atoms with Crippen molar-refractivity contribution in [1.29, 1.82) is 0 Å². The van der Waals surface area contributed by atoms with Gasteiger partial charge in [-0.2, -0.15) is 4.31 Å². The summed E-state index contributed by atoms with van der Waals surface area (Å²) in [6, 6.07) is 18.2. The standard InChI is InChI=1S/C17H18N2O3S/c1-19(23(20,21)16-10-6-3-7-11-16)13-15-12-17(18-22-15)14-8-4-2-5-9-14/h2-11,15H,12-13H2,1H3. The highest BCUT2D eigenvalue weighted by atomic mass is 32.2. The van der Waals surface area contributed by atoms with Crippen molar-refractivity contribution in [3.63, 3.8) is 0 Å². The first-order chi connectivity index (χ1) is 11.1. The monoisotopic (exact) mass is 330 g/mol. The molecule has 1 aliphatic rings. The lowest BCUT2D eigenvalue weighted by atomic mass is 10.1. The van der Waals surface area contributed by atoms with Crippen LogP contribution in [0.25, 0.3) is 0 Å². The summed E-state index contributed by atoms with van der Waals surface area (Å²) < 4.78 is 26.3. The first-order valence-electron chi connectivity index (χ1n) is 7.37. The predicted octanol–water partition coefficient (Wildman–Crippen LogP) is 2.50. The molecule has 0 aromatic heterocycles. The van der Waals surface area contributed by atoms with Gasteiger partial charge in [0.05, 0.1) is 17.2 Å². The molecular weight excluding hydrogens is 312 g/mol. The fourth-order valence-corrected chi connectivity index (χ4v) is 3.71. The Kier molecular flexibility index (Phi) is 4.45. The smallest absolute Gasteiger partial charge is 0.242 e. The van der Waals surface area contributed by atoms with E-state index in [1.54, 1.807) is 37.4 Å². The van der Waals surface area contributed by atoms with E-state index in [4.69, 9.17) is 4.84 Å². The van der Waals surface area contributed by atoms with Crippen molar-refractivity contribution in [2.75, 3.05) is 13.6 Å². The van der Waals surface area contributed by atoms with Crippen molar-refractivity contribution in [2.24, 2.45) is 5.16 Å². The number of rotatable bonds is 5. The van der Waals surface area contributed by atoms with Gasteiger partial charge in [-0.25, -0.2) is 8.42 Å². The van der Waals surface area contributed by atoms with Crippen molar-refractivity contribution in [1.82, 2.24) is 4.31 Å². The maximum atomic E-state index is 12.5. The third-order valence-corrected chi connectivity index (χ3v) is 5.59. The van der Waals surface area contributed by atoms with E-state index in [9.17, 15) is 8.42 Å². The Balaban J connectivity index is 1.65. The summed E-state index contributed by atoms with van der Waals surface area (Å²) in [7, 11) is -1.94. The minimum absolute atomic E-state index is 0.261. The van der Waals surface area contributed by atoms with Gasteiger partial charge in [0, 0.05) is 13.5 Å². The minimum atomic E-state index is -3.51. The number of hydrogen-bond donors (Lipinski definition) is 0. The molecule has 1 atom stereocenters. The van der Waals surface area contributed by atoms with Gasteiger partial charge >= 0.3 is 0 Å². The van der Waals surface area contributed by atoms with Crippen LogP contribution in [-0.2, 0) is 14.9 Å². The zero-order valence-corrected chi connectivity index (χ0v) is 13.6. The highest BCUT2D eigenvalue weighted by Crippen LogP contribution is 2.20.